The molecule has 0 radical (unpaired) electrons. The zero-order valence-electron chi connectivity index (χ0n) is 13.1. The second-order valence-corrected chi connectivity index (χ2v) is 6.99. The molecular weight excluding hydrogens is 312 g/mol. The Bertz CT molecular complexity index is 827. The van der Waals surface area contributed by atoms with Crippen LogP contribution in [0.3, 0.4) is 0 Å². The van der Waals surface area contributed by atoms with E-state index in [-0.39, 0.29) is 23.5 Å². The Kier molecular flexibility index (Phi) is 2.95. The Morgan fingerprint density at radius 3 is 2.50 bits per heavy atom. The molecule has 2 bridgehead atoms. The Morgan fingerprint density at radius 1 is 1.04 bits per heavy atom. The van der Waals surface area contributed by atoms with Crippen LogP contribution < -0.4 is 5.73 Å². The molecule has 2 fully saturated rings. The number of rotatable bonds is 2. The molecule has 124 valence electrons. The maximum absolute atomic E-state index is 14.7. The fourth-order valence-electron chi connectivity index (χ4n) is 4.03. The van der Waals surface area contributed by atoms with Crippen molar-refractivity contribution in [3.63, 3.8) is 0 Å². The summed E-state index contributed by atoms with van der Waals surface area (Å²) in [5, 5.41) is 8.01. The lowest BCUT2D eigenvalue weighted by Crippen LogP contribution is -2.22. The van der Waals surface area contributed by atoms with Gasteiger partial charge in [0.2, 0.25) is 0 Å². The Morgan fingerprint density at radius 2 is 1.79 bits per heavy atom. The second-order valence-electron chi connectivity index (χ2n) is 6.99. The first kappa shape index (κ1) is 14.3. The van der Waals surface area contributed by atoms with Crippen LogP contribution in [0.15, 0.2) is 12.1 Å². The quantitative estimate of drug-likeness (QED) is 0.913. The Labute approximate surface area is 138 Å². The lowest BCUT2D eigenvalue weighted by Gasteiger charge is -2.26. The van der Waals surface area contributed by atoms with Gasteiger partial charge < -0.3 is 10.5 Å². The average Bonchev–Trinajstić information content (AvgIpc) is 3.33. The SMILES string of the molecule is Nc1nnc(-c2c(F)cc(C3CC3)cc2F)c2c1[C@H]1CCC(C2)O1. The van der Waals surface area contributed by atoms with Crippen molar-refractivity contribution in [2.24, 2.45) is 0 Å². The van der Waals surface area contributed by atoms with E-state index in [1.165, 1.54) is 12.1 Å². The van der Waals surface area contributed by atoms with Crippen molar-refractivity contribution in [2.75, 3.05) is 5.73 Å². The van der Waals surface area contributed by atoms with E-state index in [2.05, 4.69) is 10.2 Å². The van der Waals surface area contributed by atoms with Gasteiger partial charge in [0.1, 0.15) is 17.3 Å². The molecule has 24 heavy (non-hydrogen) atoms. The summed E-state index contributed by atoms with van der Waals surface area (Å²) in [6.07, 6.45) is 4.28. The zero-order chi connectivity index (χ0) is 16.4. The number of nitrogens with two attached hydrogens (primary N) is 1. The predicted molar refractivity (Wildman–Crippen MR) is 84.3 cm³/mol. The van der Waals surface area contributed by atoms with Gasteiger partial charge in [-0.05, 0) is 54.9 Å². The molecular formula is C18H17F2N3O. The fourth-order valence-corrected chi connectivity index (χ4v) is 4.03. The van der Waals surface area contributed by atoms with Gasteiger partial charge in [-0.3, -0.25) is 0 Å². The van der Waals surface area contributed by atoms with Crippen LogP contribution in [0, 0.1) is 11.6 Å². The lowest BCUT2D eigenvalue weighted by molar-refractivity contribution is 0.0326. The standard InChI is InChI=1S/C18H17F2N3O/c19-12-5-9(8-1-2-8)6-13(20)16(12)17-11-7-10-3-4-14(24-10)15(11)18(21)23-22-17/h5-6,8,10,14H,1-4,7H2,(H2,21,23)/t10?,14-/m1/s1. The highest BCUT2D eigenvalue weighted by atomic mass is 19.1. The van der Waals surface area contributed by atoms with Crippen LogP contribution in [0.25, 0.3) is 11.3 Å². The number of nitrogens with zero attached hydrogens (tertiary/aromatic N) is 2. The van der Waals surface area contributed by atoms with E-state index in [0.717, 1.165) is 42.4 Å². The van der Waals surface area contributed by atoms with E-state index >= 15 is 0 Å². The first-order valence-corrected chi connectivity index (χ1v) is 8.41. The Balaban J connectivity index is 1.70. The number of hydrogen-bond acceptors (Lipinski definition) is 4. The summed E-state index contributed by atoms with van der Waals surface area (Å²) in [5.74, 6) is -0.553. The third-order valence-electron chi connectivity index (χ3n) is 5.36. The number of anilines is 1. The highest BCUT2D eigenvalue weighted by Crippen LogP contribution is 2.47. The third kappa shape index (κ3) is 2.05. The Hall–Kier alpha value is -2.08. The molecule has 1 aromatic carbocycles. The number of nitrogen functional groups attached to an aromatic ring is 1. The predicted octanol–water partition coefficient (Wildman–Crippen LogP) is 3.66. The van der Waals surface area contributed by atoms with Crippen LogP contribution in [0.4, 0.5) is 14.6 Å². The molecule has 3 aliphatic rings. The number of hydrogen-bond donors (Lipinski definition) is 1. The van der Waals surface area contributed by atoms with Crippen molar-refractivity contribution >= 4 is 5.82 Å². The van der Waals surface area contributed by atoms with Crippen LogP contribution in [-0.4, -0.2) is 16.3 Å². The van der Waals surface area contributed by atoms with Gasteiger partial charge in [-0.15, -0.1) is 10.2 Å². The van der Waals surface area contributed by atoms with Crippen molar-refractivity contribution in [3.8, 4) is 11.3 Å². The minimum atomic E-state index is -0.572. The first-order chi connectivity index (χ1) is 11.6. The molecule has 1 unspecified atom stereocenters. The summed E-state index contributed by atoms with van der Waals surface area (Å²) < 4.78 is 35.3. The van der Waals surface area contributed by atoms with Crippen molar-refractivity contribution in [3.05, 3.63) is 40.5 Å². The monoisotopic (exact) mass is 329 g/mol. The highest BCUT2D eigenvalue weighted by Gasteiger charge is 2.38. The molecule has 2 N–H and O–H groups in total. The van der Waals surface area contributed by atoms with Gasteiger partial charge in [-0.2, -0.15) is 0 Å². The summed E-state index contributed by atoms with van der Waals surface area (Å²) in [7, 11) is 0. The molecule has 2 atom stereocenters. The average molecular weight is 329 g/mol. The van der Waals surface area contributed by atoms with E-state index in [0.29, 0.717) is 18.2 Å². The summed E-state index contributed by atoms with van der Waals surface area (Å²) in [4.78, 5) is 0. The minimum Gasteiger partial charge on any atom is -0.382 e. The second kappa shape index (κ2) is 4.96. The van der Waals surface area contributed by atoms with Crippen LogP contribution >= 0.6 is 0 Å². The van der Waals surface area contributed by atoms with E-state index in [9.17, 15) is 8.78 Å². The molecule has 3 heterocycles. The molecule has 1 aromatic heterocycles. The van der Waals surface area contributed by atoms with Crippen molar-refractivity contribution in [1.82, 2.24) is 10.2 Å². The molecule has 1 saturated heterocycles. The molecule has 6 heteroatoms. The number of aromatic nitrogens is 2. The number of fused-ring (bicyclic) bond motifs is 4. The fraction of sp³-hybridized carbons (Fsp3) is 0.444. The van der Waals surface area contributed by atoms with Crippen LogP contribution in [-0.2, 0) is 11.2 Å². The normalized spacial score (nSPS) is 24.9. The molecule has 5 rings (SSSR count). The van der Waals surface area contributed by atoms with E-state index in [4.69, 9.17) is 10.5 Å². The van der Waals surface area contributed by atoms with Gasteiger partial charge in [-0.25, -0.2) is 8.78 Å². The molecule has 1 saturated carbocycles. The summed E-state index contributed by atoms with van der Waals surface area (Å²) >= 11 is 0. The number of benzene rings is 1. The van der Waals surface area contributed by atoms with Gasteiger partial charge in [0, 0.05) is 12.0 Å². The van der Waals surface area contributed by atoms with Gasteiger partial charge in [0.25, 0.3) is 0 Å². The maximum Gasteiger partial charge on any atom is 0.152 e. The number of ether oxygens (including phenoxy) is 1. The summed E-state index contributed by atoms with van der Waals surface area (Å²) in [6.45, 7) is 0. The molecule has 4 nitrogen and oxygen atoms in total. The van der Waals surface area contributed by atoms with E-state index in [1.807, 2.05) is 0 Å². The topological polar surface area (TPSA) is 61.0 Å². The van der Waals surface area contributed by atoms with Gasteiger partial charge in [0.15, 0.2) is 5.82 Å². The molecule has 2 aliphatic heterocycles. The van der Waals surface area contributed by atoms with Crippen LogP contribution in [0.2, 0.25) is 0 Å². The van der Waals surface area contributed by atoms with Crippen molar-refractivity contribution in [1.29, 1.82) is 0 Å². The van der Waals surface area contributed by atoms with E-state index < -0.39 is 11.6 Å². The van der Waals surface area contributed by atoms with E-state index in [1.54, 1.807) is 0 Å². The maximum atomic E-state index is 14.7. The van der Waals surface area contributed by atoms with Crippen molar-refractivity contribution in [2.45, 2.75) is 50.2 Å². The van der Waals surface area contributed by atoms with Gasteiger partial charge in [0.05, 0.1) is 17.8 Å². The third-order valence-corrected chi connectivity index (χ3v) is 5.36. The molecule has 2 aromatic rings. The van der Waals surface area contributed by atoms with Crippen LogP contribution in [0.1, 0.15) is 54.4 Å². The van der Waals surface area contributed by atoms with Gasteiger partial charge >= 0.3 is 0 Å². The summed E-state index contributed by atoms with van der Waals surface area (Å²) in [6, 6.07) is 2.88. The van der Waals surface area contributed by atoms with Gasteiger partial charge in [-0.1, -0.05) is 0 Å². The molecule has 0 amide bonds. The minimum absolute atomic E-state index is 0.0710. The summed E-state index contributed by atoms with van der Waals surface area (Å²) in [5.41, 5.74) is 8.45. The van der Waals surface area contributed by atoms with Crippen LogP contribution in [0.5, 0.6) is 0 Å². The first-order valence-electron chi connectivity index (χ1n) is 8.41. The highest BCUT2D eigenvalue weighted by molar-refractivity contribution is 5.69. The molecule has 0 spiro atoms. The zero-order valence-corrected chi connectivity index (χ0v) is 13.1. The smallest absolute Gasteiger partial charge is 0.152 e. The molecule has 1 aliphatic carbocycles. The largest absolute Gasteiger partial charge is 0.382 e. The van der Waals surface area contributed by atoms with Crippen molar-refractivity contribution < 1.29 is 13.5 Å². The lowest BCUT2D eigenvalue weighted by atomic mass is 9.93. The number of halogens is 2.